The van der Waals surface area contributed by atoms with E-state index >= 15 is 0 Å². The van der Waals surface area contributed by atoms with Gasteiger partial charge in [0.05, 0.1) is 5.41 Å². The van der Waals surface area contributed by atoms with E-state index in [1.54, 1.807) is 0 Å². The van der Waals surface area contributed by atoms with Crippen molar-refractivity contribution in [1.82, 2.24) is 19.9 Å². The van der Waals surface area contributed by atoms with Gasteiger partial charge in [-0.25, -0.2) is 15.0 Å². The summed E-state index contributed by atoms with van der Waals surface area (Å²) >= 11 is 0. The minimum atomic E-state index is -0.591. The van der Waals surface area contributed by atoms with Crippen LogP contribution in [0.4, 0.5) is 0 Å². The fourth-order valence-corrected chi connectivity index (χ4v) is 9.01. The molecule has 0 aliphatic heterocycles. The van der Waals surface area contributed by atoms with Gasteiger partial charge in [-0.2, -0.15) is 0 Å². The van der Waals surface area contributed by atoms with E-state index in [0.717, 1.165) is 27.8 Å². The molecule has 4 heteroatoms. The third-order valence-electron chi connectivity index (χ3n) is 11.6. The summed E-state index contributed by atoms with van der Waals surface area (Å²) in [6.45, 7) is 2.10. The largest absolute Gasteiger partial charge is 0.265 e. The summed E-state index contributed by atoms with van der Waals surface area (Å²) in [5, 5.41) is 0. The lowest BCUT2D eigenvalue weighted by atomic mass is 9.65. The number of aromatic nitrogens is 4. The van der Waals surface area contributed by atoms with Crippen LogP contribution >= 0.6 is 0 Å². The summed E-state index contributed by atoms with van der Waals surface area (Å²) < 4.78 is 0. The Morgan fingerprint density at radius 3 is 1.23 bits per heavy atom. The number of rotatable bonds is 4. The van der Waals surface area contributed by atoms with E-state index in [9.17, 15) is 0 Å². The van der Waals surface area contributed by atoms with Crippen LogP contribution < -0.4 is 0 Å². The molecular formula is C52H34N4. The third kappa shape index (κ3) is 4.86. The summed E-state index contributed by atoms with van der Waals surface area (Å²) in [4.78, 5) is 19.8. The number of aryl methyl sites for hydroxylation is 1. The lowest BCUT2D eigenvalue weighted by molar-refractivity contribution is 0.775. The molecule has 56 heavy (non-hydrogen) atoms. The van der Waals surface area contributed by atoms with Crippen molar-refractivity contribution in [3.8, 4) is 78.7 Å². The maximum Gasteiger partial charge on any atom is 0.164 e. The van der Waals surface area contributed by atoms with E-state index in [-0.39, 0.29) is 0 Å². The van der Waals surface area contributed by atoms with E-state index in [2.05, 4.69) is 176 Å². The number of fused-ring (bicyclic) bond motifs is 12. The summed E-state index contributed by atoms with van der Waals surface area (Å²) in [6.07, 6.45) is 3.64. The van der Waals surface area contributed by atoms with Gasteiger partial charge >= 0.3 is 0 Å². The molecule has 2 aliphatic carbocycles. The summed E-state index contributed by atoms with van der Waals surface area (Å²) in [5.74, 6) is 1.90. The molecule has 262 valence electrons. The molecule has 4 nitrogen and oxygen atoms in total. The van der Waals surface area contributed by atoms with Gasteiger partial charge in [-0.05, 0) is 91.9 Å². The molecule has 7 aromatic carbocycles. The average molecular weight is 715 g/mol. The van der Waals surface area contributed by atoms with Crippen LogP contribution in [0.3, 0.4) is 0 Å². The van der Waals surface area contributed by atoms with Gasteiger partial charge < -0.3 is 0 Å². The Balaban J connectivity index is 1.18. The maximum atomic E-state index is 5.25. The Kier molecular flexibility index (Phi) is 7.26. The smallest absolute Gasteiger partial charge is 0.164 e. The molecule has 9 aromatic rings. The maximum absolute atomic E-state index is 5.25. The van der Waals surface area contributed by atoms with Gasteiger partial charge in [0.15, 0.2) is 17.5 Å². The topological polar surface area (TPSA) is 51.6 Å². The predicted molar refractivity (Wildman–Crippen MR) is 226 cm³/mol. The van der Waals surface area contributed by atoms with Crippen molar-refractivity contribution in [1.29, 1.82) is 0 Å². The van der Waals surface area contributed by atoms with Crippen LogP contribution in [0.5, 0.6) is 0 Å². The van der Waals surface area contributed by atoms with Crippen LogP contribution in [-0.4, -0.2) is 19.9 Å². The molecule has 0 unspecified atom stereocenters. The van der Waals surface area contributed by atoms with Crippen LogP contribution in [0, 0.1) is 6.92 Å². The van der Waals surface area contributed by atoms with E-state index in [0.29, 0.717) is 17.5 Å². The van der Waals surface area contributed by atoms with Crippen LogP contribution in [0.1, 0.15) is 27.8 Å². The Hall–Kier alpha value is -7.30. The first-order chi connectivity index (χ1) is 27.7. The highest BCUT2D eigenvalue weighted by atomic mass is 15.0. The highest BCUT2D eigenvalue weighted by Gasteiger charge is 2.49. The standard InChI is InChI=1S/C52H34N4/c1-33-18-20-36(21-19-33)49-54-50(37-24-22-34(23-25-37)35-28-30-53-31-29-35)56-51(55-49)38-26-27-44-40-11-3-2-10-39(40)41-12-4-7-15-45(41)52(48(44)32-38)46-16-8-5-13-42(46)43-14-6-9-17-47(43)52/h2-32H,1H3. The zero-order valence-corrected chi connectivity index (χ0v) is 30.7. The molecule has 11 rings (SSSR count). The fraction of sp³-hybridized carbons (Fsp3) is 0.0385. The highest BCUT2D eigenvalue weighted by molar-refractivity contribution is 5.97. The Morgan fingerprint density at radius 2 is 0.696 bits per heavy atom. The van der Waals surface area contributed by atoms with E-state index in [4.69, 9.17) is 15.0 Å². The molecule has 0 radical (unpaired) electrons. The van der Waals surface area contributed by atoms with Gasteiger partial charge in [0.1, 0.15) is 0 Å². The van der Waals surface area contributed by atoms with Gasteiger partial charge in [-0.15, -0.1) is 0 Å². The van der Waals surface area contributed by atoms with Gasteiger partial charge in [-0.1, -0.05) is 163 Å². The van der Waals surface area contributed by atoms with Crippen molar-refractivity contribution in [3.05, 3.63) is 216 Å². The van der Waals surface area contributed by atoms with Crippen molar-refractivity contribution >= 4 is 0 Å². The molecule has 0 saturated heterocycles. The van der Waals surface area contributed by atoms with Gasteiger partial charge in [-0.3, -0.25) is 4.98 Å². The minimum Gasteiger partial charge on any atom is -0.265 e. The number of nitrogens with zero attached hydrogens (tertiary/aromatic N) is 4. The van der Waals surface area contributed by atoms with E-state index < -0.39 is 5.41 Å². The van der Waals surface area contributed by atoms with Crippen molar-refractivity contribution < 1.29 is 0 Å². The summed E-state index contributed by atoms with van der Waals surface area (Å²) in [5.41, 5.74) is 18.1. The molecule has 2 aromatic heterocycles. The van der Waals surface area contributed by atoms with Crippen LogP contribution in [0.2, 0.25) is 0 Å². The van der Waals surface area contributed by atoms with Gasteiger partial charge in [0, 0.05) is 29.1 Å². The Bertz CT molecular complexity index is 2920. The first kappa shape index (κ1) is 32.2. The van der Waals surface area contributed by atoms with Crippen molar-refractivity contribution in [2.24, 2.45) is 0 Å². The molecule has 0 fully saturated rings. The highest BCUT2D eigenvalue weighted by Crippen LogP contribution is 2.61. The minimum absolute atomic E-state index is 0.591. The monoisotopic (exact) mass is 714 g/mol. The van der Waals surface area contributed by atoms with E-state index in [1.165, 1.54) is 61.2 Å². The fourth-order valence-electron chi connectivity index (χ4n) is 9.01. The third-order valence-corrected chi connectivity index (χ3v) is 11.6. The van der Waals surface area contributed by atoms with E-state index in [1.807, 2.05) is 24.5 Å². The lowest BCUT2D eigenvalue weighted by Crippen LogP contribution is -2.29. The molecule has 0 bridgehead atoms. The number of benzene rings is 7. The van der Waals surface area contributed by atoms with Crippen LogP contribution in [0.25, 0.3) is 78.7 Å². The van der Waals surface area contributed by atoms with Gasteiger partial charge in [0.25, 0.3) is 0 Å². The molecule has 2 aliphatic rings. The van der Waals surface area contributed by atoms with Crippen molar-refractivity contribution in [2.45, 2.75) is 12.3 Å². The Labute approximate surface area is 325 Å². The van der Waals surface area contributed by atoms with Crippen molar-refractivity contribution in [2.75, 3.05) is 0 Å². The second-order valence-electron chi connectivity index (χ2n) is 14.7. The first-order valence-corrected chi connectivity index (χ1v) is 19.0. The average Bonchev–Trinajstić information content (AvgIpc) is 3.52. The second kappa shape index (κ2) is 12.6. The van der Waals surface area contributed by atoms with Crippen LogP contribution in [-0.2, 0) is 5.41 Å². The molecular weight excluding hydrogens is 681 g/mol. The number of hydrogen-bond acceptors (Lipinski definition) is 4. The number of pyridine rings is 1. The Morgan fingerprint density at radius 1 is 0.321 bits per heavy atom. The van der Waals surface area contributed by atoms with Gasteiger partial charge in [0.2, 0.25) is 0 Å². The van der Waals surface area contributed by atoms with Crippen molar-refractivity contribution in [3.63, 3.8) is 0 Å². The zero-order chi connectivity index (χ0) is 37.2. The second-order valence-corrected chi connectivity index (χ2v) is 14.7. The molecule has 0 atom stereocenters. The molecule has 2 heterocycles. The molecule has 0 N–H and O–H groups in total. The van der Waals surface area contributed by atoms with Crippen LogP contribution in [0.15, 0.2) is 188 Å². The SMILES string of the molecule is Cc1ccc(-c2nc(-c3ccc(-c4ccncc4)cc3)nc(-c3ccc4c(c3)C3(c5ccccc5-c5ccccc5-4)c4ccccc4-c4ccccc43)n2)cc1. The summed E-state index contributed by atoms with van der Waals surface area (Å²) in [7, 11) is 0. The first-order valence-electron chi connectivity index (χ1n) is 19.0. The zero-order valence-electron chi connectivity index (χ0n) is 30.7. The lowest BCUT2D eigenvalue weighted by Gasteiger charge is -2.35. The number of hydrogen-bond donors (Lipinski definition) is 0. The molecule has 1 spiro atoms. The summed E-state index contributed by atoms with van der Waals surface area (Å²) in [6, 6.07) is 63.4. The molecule has 0 amide bonds. The normalized spacial score (nSPS) is 12.9. The predicted octanol–water partition coefficient (Wildman–Crippen LogP) is 12.3. The molecule has 0 saturated carbocycles. The quantitative estimate of drug-likeness (QED) is 0.182.